The highest BCUT2D eigenvalue weighted by Gasteiger charge is 2.18. The Bertz CT molecular complexity index is 528. The minimum absolute atomic E-state index is 0. The van der Waals surface area contributed by atoms with Gasteiger partial charge in [0.25, 0.3) is 0 Å². The minimum atomic E-state index is -0.607. The zero-order chi connectivity index (χ0) is 16.2. The van der Waals surface area contributed by atoms with Gasteiger partial charge in [-0.15, -0.1) is 12.4 Å². The first-order valence-electron chi connectivity index (χ1n) is 7.15. The molecule has 0 fully saturated rings. The van der Waals surface area contributed by atoms with Gasteiger partial charge in [0.2, 0.25) is 11.8 Å². The summed E-state index contributed by atoms with van der Waals surface area (Å²) in [5.74, 6) is -0.584. The second-order valence-electron chi connectivity index (χ2n) is 5.40. The molecular weight excluding hydrogens is 306 g/mol. The zero-order valence-electron chi connectivity index (χ0n) is 13.8. The maximum absolute atomic E-state index is 11.9. The van der Waals surface area contributed by atoms with Crippen LogP contribution >= 0.6 is 12.4 Å². The number of aromatic nitrogens is 2. The van der Waals surface area contributed by atoms with E-state index in [1.54, 1.807) is 0 Å². The molecule has 0 aliphatic heterocycles. The van der Waals surface area contributed by atoms with Crippen LogP contribution < -0.4 is 16.4 Å². The number of anilines is 1. The number of carbonyl (C=O) groups excluding carboxylic acids is 2. The first-order valence-corrected chi connectivity index (χ1v) is 7.15. The predicted molar refractivity (Wildman–Crippen MR) is 89.1 cm³/mol. The molecule has 0 spiro atoms. The third-order valence-corrected chi connectivity index (χ3v) is 3.39. The van der Waals surface area contributed by atoms with Gasteiger partial charge in [0.05, 0.1) is 29.7 Å². The molecule has 126 valence electrons. The lowest BCUT2D eigenvalue weighted by atomic mass is 10.1. The Labute approximate surface area is 137 Å². The van der Waals surface area contributed by atoms with Crippen LogP contribution in [0.15, 0.2) is 0 Å². The van der Waals surface area contributed by atoms with Crippen molar-refractivity contribution >= 4 is 29.9 Å². The fraction of sp³-hybridized carbons (Fsp3) is 0.643. The van der Waals surface area contributed by atoms with Gasteiger partial charge in [-0.25, -0.2) is 0 Å². The summed E-state index contributed by atoms with van der Waals surface area (Å²) >= 11 is 0. The highest BCUT2D eigenvalue weighted by molar-refractivity contribution is 5.96. The van der Waals surface area contributed by atoms with E-state index in [1.165, 1.54) is 0 Å². The summed E-state index contributed by atoms with van der Waals surface area (Å²) in [5, 5.41) is 9.64. The molecular formula is C14H26ClN5O2. The second-order valence-corrected chi connectivity index (χ2v) is 5.40. The molecule has 22 heavy (non-hydrogen) atoms. The number of amides is 2. The third kappa shape index (κ3) is 4.99. The number of rotatable bonds is 6. The van der Waals surface area contributed by atoms with Gasteiger partial charge in [-0.2, -0.15) is 5.10 Å². The fourth-order valence-corrected chi connectivity index (χ4v) is 1.96. The van der Waals surface area contributed by atoms with E-state index in [0.29, 0.717) is 5.69 Å². The van der Waals surface area contributed by atoms with Gasteiger partial charge in [0, 0.05) is 6.54 Å². The van der Waals surface area contributed by atoms with Gasteiger partial charge in [0.15, 0.2) is 0 Å². The summed E-state index contributed by atoms with van der Waals surface area (Å²) in [5.41, 5.74) is 8.06. The lowest BCUT2D eigenvalue weighted by Crippen LogP contribution is -2.46. The van der Waals surface area contributed by atoms with Crippen LogP contribution in [0.4, 0.5) is 5.69 Å². The number of nitrogens with zero attached hydrogens (tertiary/aromatic N) is 2. The van der Waals surface area contributed by atoms with Crippen LogP contribution in [0.25, 0.3) is 0 Å². The smallest absolute Gasteiger partial charge is 0.243 e. The van der Waals surface area contributed by atoms with Crippen LogP contribution in [-0.4, -0.2) is 34.2 Å². The van der Waals surface area contributed by atoms with Crippen molar-refractivity contribution in [3.8, 4) is 0 Å². The van der Waals surface area contributed by atoms with E-state index in [-0.39, 0.29) is 36.7 Å². The third-order valence-electron chi connectivity index (χ3n) is 3.39. The van der Waals surface area contributed by atoms with Gasteiger partial charge in [-0.3, -0.25) is 14.3 Å². The van der Waals surface area contributed by atoms with Crippen molar-refractivity contribution in [2.75, 3.05) is 11.9 Å². The molecule has 1 aromatic rings. The Hall–Kier alpha value is -1.60. The molecule has 0 aliphatic carbocycles. The Morgan fingerprint density at radius 2 is 1.91 bits per heavy atom. The van der Waals surface area contributed by atoms with Crippen LogP contribution in [-0.2, 0) is 16.1 Å². The van der Waals surface area contributed by atoms with Crippen molar-refractivity contribution in [1.82, 2.24) is 15.1 Å². The molecule has 0 radical (unpaired) electrons. The molecule has 0 saturated heterocycles. The summed E-state index contributed by atoms with van der Waals surface area (Å²) in [6.45, 7) is 10.1. The maximum Gasteiger partial charge on any atom is 0.243 e. The number of aryl methyl sites for hydroxylation is 2. The largest absolute Gasteiger partial charge is 0.346 e. The highest BCUT2D eigenvalue weighted by Crippen LogP contribution is 2.18. The monoisotopic (exact) mass is 331 g/mol. The summed E-state index contributed by atoms with van der Waals surface area (Å²) in [6.07, 6.45) is 0. The number of halogens is 1. The normalized spacial score (nSPS) is 11.8. The molecule has 1 rings (SSSR count). The lowest BCUT2D eigenvalue weighted by Gasteiger charge is -2.15. The van der Waals surface area contributed by atoms with E-state index in [2.05, 4.69) is 15.7 Å². The molecule has 8 heteroatoms. The van der Waals surface area contributed by atoms with E-state index < -0.39 is 6.04 Å². The maximum atomic E-state index is 11.9. The van der Waals surface area contributed by atoms with E-state index in [0.717, 1.165) is 17.9 Å². The Balaban J connectivity index is 0.00000441. The van der Waals surface area contributed by atoms with E-state index in [4.69, 9.17) is 5.73 Å². The minimum Gasteiger partial charge on any atom is -0.346 e. The van der Waals surface area contributed by atoms with Crippen molar-refractivity contribution < 1.29 is 9.59 Å². The molecule has 0 bridgehead atoms. The number of nitrogens with two attached hydrogens (primary N) is 1. The number of hydrogen-bond acceptors (Lipinski definition) is 4. The molecule has 0 aliphatic rings. The van der Waals surface area contributed by atoms with Crippen LogP contribution in [0, 0.1) is 19.8 Å². The van der Waals surface area contributed by atoms with Crippen molar-refractivity contribution in [1.29, 1.82) is 0 Å². The van der Waals surface area contributed by atoms with Crippen LogP contribution in [0.1, 0.15) is 32.2 Å². The summed E-state index contributed by atoms with van der Waals surface area (Å²) < 4.78 is 1.82. The number of nitrogens with one attached hydrogen (secondary N) is 2. The summed E-state index contributed by atoms with van der Waals surface area (Å²) in [6, 6.07) is -0.607. The first-order chi connectivity index (χ1) is 9.77. The Morgan fingerprint density at radius 1 is 1.32 bits per heavy atom. The molecule has 7 nitrogen and oxygen atoms in total. The molecule has 0 unspecified atom stereocenters. The summed E-state index contributed by atoms with van der Waals surface area (Å²) in [4.78, 5) is 23.6. The van der Waals surface area contributed by atoms with Gasteiger partial charge in [0.1, 0.15) is 0 Å². The van der Waals surface area contributed by atoms with E-state index >= 15 is 0 Å². The molecule has 2 amide bonds. The molecule has 4 N–H and O–H groups in total. The van der Waals surface area contributed by atoms with Crippen molar-refractivity contribution in [3.63, 3.8) is 0 Å². The quantitative estimate of drug-likeness (QED) is 0.723. The fourth-order valence-electron chi connectivity index (χ4n) is 1.96. The molecule has 0 saturated carbocycles. The Kier molecular flexibility index (Phi) is 8.11. The van der Waals surface area contributed by atoms with Crippen LogP contribution in [0.3, 0.4) is 0 Å². The van der Waals surface area contributed by atoms with E-state index in [9.17, 15) is 9.59 Å². The van der Waals surface area contributed by atoms with Gasteiger partial charge >= 0.3 is 0 Å². The lowest BCUT2D eigenvalue weighted by molar-refractivity contribution is -0.125. The second kappa shape index (κ2) is 8.75. The standard InChI is InChI=1S/C14H25N5O2.ClH/c1-6-19-10(5)13(9(4)18-19)17-11(20)7-16-14(21)12(15)8(2)3;/h8,12H,6-7,15H2,1-5H3,(H,16,21)(H,17,20);1H/t12-;/m0./s1. The Morgan fingerprint density at radius 3 is 2.36 bits per heavy atom. The summed E-state index contributed by atoms with van der Waals surface area (Å²) in [7, 11) is 0. The molecule has 1 heterocycles. The van der Waals surface area contributed by atoms with Crippen LogP contribution in [0.2, 0.25) is 0 Å². The van der Waals surface area contributed by atoms with Gasteiger partial charge in [-0.05, 0) is 26.7 Å². The number of hydrogen-bond donors (Lipinski definition) is 3. The zero-order valence-corrected chi connectivity index (χ0v) is 14.6. The van der Waals surface area contributed by atoms with E-state index in [1.807, 2.05) is 39.3 Å². The molecule has 0 aromatic carbocycles. The molecule has 1 aromatic heterocycles. The van der Waals surface area contributed by atoms with Crippen LogP contribution in [0.5, 0.6) is 0 Å². The van der Waals surface area contributed by atoms with Gasteiger partial charge < -0.3 is 16.4 Å². The SMILES string of the molecule is CCn1nc(C)c(NC(=O)CNC(=O)[C@@H](N)C(C)C)c1C.Cl. The predicted octanol–water partition coefficient (Wildman–Crippen LogP) is 0.980. The topological polar surface area (TPSA) is 102 Å². The van der Waals surface area contributed by atoms with Crippen molar-refractivity contribution in [2.45, 2.75) is 47.2 Å². The molecule has 1 atom stereocenters. The van der Waals surface area contributed by atoms with Crippen molar-refractivity contribution in [3.05, 3.63) is 11.4 Å². The average Bonchev–Trinajstić information content (AvgIpc) is 2.71. The highest BCUT2D eigenvalue weighted by atomic mass is 35.5. The van der Waals surface area contributed by atoms with Crippen molar-refractivity contribution in [2.24, 2.45) is 11.7 Å². The van der Waals surface area contributed by atoms with Gasteiger partial charge in [-0.1, -0.05) is 13.8 Å². The number of carbonyl (C=O) groups is 2. The first kappa shape index (κ1) is 20.4. The average molecular weight is 332 g/mol.